The summed E-state index contributed by atoms with van der Waals surface area (Å²) in [7, 11) is 0. The minimum Gasteiger partial charge on any atom is -0.366 e. The van der Waals surface area contributed by atoms with Crippen molar-refractivity contribution in [3.05, 3.63) is 33.8 Å². The number of halogens is 1. The summed E-state index contributed by atoms with van der Waals surface area (Å²) < 4.78 is 7.36. The van der Waals surface area contributed by atoms with Gasteiger partial charge in [-0.25, -0.2) is 0 Å². The van der Waals surface area contributed by atoms with Crippen molar-refractivity contribution in [1.29, 1.82) is 0 Å². The van der Waals surface area contributed by atoms with Crippen LogP contribution in [-0.2, 0) is 16.9 Å². The quantitative estimate of drug-likeness (QED) is 0.790. The van der Waals surface area contributed by atoms with Crippen molar-refractivity contribution in [2.45, 2.75) is 31.5 Å². The number of ether oxygens (including phenoxy) is 1. The smallest absolute Gasteiger partial charge is 0.0962 e. The van der Waals surface area contributed by atoms with Gasteiger partial charge in [-0.3, -0.25) is 0 Å². The van der Waals surface area contributed by atoms with E-state index in [2.05, 4.69) is 39.4 Å². The Kier molecular flexibility index (Phi) is 2.78. The van der Waals surface area contributed by atoms with E-state index in [0.717, 1.165) is 32.5 Å². The molecule has 1 spiro atoms. The third kappa shape index (κ3) is 1.62. The van der Waals surface area contributed by atoms with Crippen molar-refractivity contribution in [2.24, 2.45) is 0 Å². The van der Waals surface area contributed by atoms with Crippen LogP contribution < -0.4 is 5.32 Å². The molecule has 2 nitrogen and oxygen atoms in total. The summed E-state index contributed by atoms with van der Waals surface area (Å²) in [5, 5.41) is 3.45. The third-order valence-corrected chi connectivity index (χ3v) is 4.36. The van der Waals surface area contributed by atoms with Crippen LogP contribution >= 0.6 is 15.9 Å². The first-order chi connectivity index (χ1) is 7.82. The fraction of sp³-hybridized carbons (Fsp3) is 0.538. The van der Waals surface area contributed by atoms with Crippen LogP contribution in [0, 0.1) is 0 Å². The second-order valence-corrected chi connectivity index (χ2v) is 5.51. The van der Waals surface area contributed by atoms with Gasteiger partial charge in [0.25, 0.3) is 0 Å². The van der Waals surface area contributed by atoms with Gasteiger partial charge in [0.2, 0.25) is 0 Å². The van der Waals surface area contributed by atoms with Crippen LogP contribution in [0.1, 0.15) is 30.4 Å². The maximum absolute atomic E-state index is 6.14. The van der Waals surface area contributed by atoms with Gasteiger partial charge in [-0.15, -0.1) is 0 Å². The lowest BCUT2D eigenvalue weighted by molar-refractivity contribution is -0.0472. The summed E-state index contributed by atoms with van der Waals surface area (Å²) in [6.45, 7) is 2.94. The van der Waals surface area contributed by atoms with Crippen molar-refractivity contribution >= 4 is 15.9 Å². The molecule has 0 aromatic heterocycles. The highest BCUT2D eigenvalue weighted by Crippen LogP contribution is 2.46. The summed E-state index contributed by atoms with van der Waals surface area (Å²) in [4.78, 5) is 0. The summed E-state index contributed by atoms with van der Waals surface area (Å²) in [6.07, 6.45) is 3.42. The Morgan fingerprint density at radius 1 is 1.25 bits per heavy atom. The molecule has 1 atom stereocenters. The molecule has 3 heteroatoms. The molecule has 1 N–H and O–H groups in total. The van der Waals surface area contributed by atoms with Crippen LogP contribution in [0.5, 0.6) is 0 Å². The molecule has 3 rings (SSSR count). The van der Waals surface area contributed by atoms with E-state index in [1.54, 1.807) is 0 Å². The molecule has 1 unspecified atom stereocenters. The summed E-state index contributed by atoms with van der Waals surface area (Å²) in [5.74, 6) is 0. The second-order valence-electron chi connectivity index (χ2n) is 4.66. The van der Waals surface area contributed by atoms with Gasteiger partial charge >= 0.3 is 0 Å². The molecule has 1 fully saturated rings. The molecule has 0 radical (unpaired) electrons. The van der Waals surface area contributed by atoms with E-state index in [-0.39, 0.29) is 5.60 Å². The van der Waals surface area contributed by atoms with Gasteiger partial charge in [0.15, 0.2) is 0 Å². The van der Waals surface area contributed by atoms with E-state index in [9.17, 15) is 0 Å². The molecule has 1 aromatic rings. The zero-order valence-corrected chi connectivity index (χ0v) is 10.8. The average molecular weight is 282 g/mol. The lowest BCUT2D eigenvalue weighted by atomic mass is 9.86. The van der Waals surface area contributed by atoms with E-state index in [1.165, 1.54) is 22.0 Å². The van der Waals surface area contributed by atoms with Crippen molar-refractivity contribution in [3.63, 3.8) is 0 Å². The fourth-order valence-electron chi connectivity index (χ4n) is 2.92. The Morgan fingerprint density at radius 3 is 3.12 bits per heavy atom. The molecule has 1 aromatic carbocycles. The lowest BCUT2D eigenvalue weighted by Crippen LogP contribution is -2.27. The minimum atomic E-state index is -0.0288. The lowest BCUT2D eigenvalue weighted by Gasteiger charge is -2.28. The van der Waals surface area contributed by atoms with Gasteiger partial charge in [-0.05, 0) is 44.0 Å². The molecule has 2 aliphatic heterocycles. The van der Waals surface area contributed by atoms with E-state index in [4.69, 9.17) is 4.74 Å². The SMILES string of the molecule is Brc1cccc2c1C1(CCCNCC1)OC2. The first-order valence-electron chi connectivity index (χ1n) is 5.94. The van der Waals surface area contributed by atoms with Crippen LogP contribution in [-0.4, -0.2) is 13.1 Å². The van der Waals surface area contributed by atoms with Gasteiger partial charge in [0, 0.05) is 10.0 Å². The molecular weight excluding hydrogens is 266 g/mol. The van der Waals surface area contributed by atoms with E-state index in [0.29, 0.717) is 0 Å². The van der Waals surface area contributed by atoms with E-state index < -0.39 is 0 Å². The standard InChI is InChI=1S/C13H16BrNO/c14-11-4-1-3-10-9-16-13(12(10)11)5-2-7-15-8-6-13/h1,3-4,15H,2,5-9H2. The monoisotopic (exact) mass is 281 g/mol. The summed E-state index contributed by atoms with van der Waals surface area (Å²) >= 11 is 3.68. The van der Waals surface area contributed by atoms with E-state index in [1.807, 2.05) is 0 Å². The number of hydrogen-bond acceptors (Lipinski definition) is 2. The maximum atomic E-state index is 6.14. The third-order valence-electron chi connectivity index (χ3n) is 3.70. The molecule has 2 aliphatic rings. The van der Waals surface area contributed by atoms with Gasteiger partial charge in [0.05, 0.1) is 12.2 Å². The zero-order valence-electron chi connectivity index (χ0n) is 9.26. The van der Waals surface area contributed by atoms with Crippen LogP contribution in [0.3, 0.4) is 0 Å². The normalized spacial score (nSPS) is 29.1. The average Bonchev–Trinajstić information content (AvgIpc) is 2.49. The van der Waals surface area contributed by atoms with Crippen LogP contribution in [0.15, 0.2) is 22.7 Å². The number of fused-ring (bicyclic) bond motifs is 2. The predicted octanol–water partition coefficient (Wildman–Crippen LogP) is 2.95. The highest BCUT2D eigenvalue weighted by atomic mass is 79.9. The number of nitrogens with one attached hydrogen (secondary N) is 1. The molecule has 2 heterocycles. The largest absolute Gasteiger partial charge is 0.366 e. The fourth-order valence-corrected chi connectivity index (χ4v) is 3.69. The first-order valence-corrected chi connectivity index (χ1v) is 6.74. The molecule has 0 amide bonds. The van der Waals surface area contributed by atoms with Crippen molar-refractivity contribution in [3.8, 4) is 0 Å². The van der Waals surface area contributed by atoms with Gasteiger partial charge < -0.3 is 10.1 Å². The molecule has 1 saturated heterocycles. The first kappa shape index (κ1) is 10.8. The van der Waals surface area contributed by atoms with Crippen LogP contribution in [0.4, 0.5) is 0 Å². The van der Waals surface area contributed by atoms with Crippen molar-refractivity contribution < 1.29 is 4.74 Å². The Labute approximate surface area is 105 Å². The topological polar surface area (TPSA) is 21.3 Å². The Morgan fingerprint density at radius 2 is 2.19 bits per heavy atom. The van der Waals surface area contributed by atoms with Gasteiger partial charge in [-0.1, -0.05) is 28.1 Å². The minimum absolute atomic E-state index is 0.0288. The highest BCUT2D eigenvalue weighted by Gasteiger charge is 2.41. The van der Waals surface area contributed by atoms with Crippen LogP contribution in [0.2, 0.25) is 0 Å². The molecule has 0 saturated carbocycles. The van der Waals surface area contributed by atoms with Crippen LogP contribution in [0.25, 0.3) is 0 Å². The van der Waals surface area contributed by atoms with Crippen molar-refractivity contribution in [2.75, 3.05) is 13.1 Å². The van der Waals surface area contributed by atoms with Crippen molar-refractivity contribution in [1.82, 2.24) is 5.32 Å². The zero-order chi connectivity index (χ0) is 11.0. The molecule has 86 valence electrons. The molecule has 16 heavy (non-hydrogen) atoms. The molecule has 0 bridgehead atoms. The summed E-state index contributed by atoms with van der Waals surface area (Å²) in [6, 6.07) is 6.42. The second kappa shape index (κ2) is 4.13. The maximum Gasteiger partial charge on any atom is 0.0962 e. The predicted molar refractivity (Wildman–Crippen MR) is 67.3 cm³/mol. The highest BCUT2D eigenvalue weighted by molar-refractivity contribution is 9.10. The number of benzene rings is 1. The Bertz CT molecular complexity index is 397. The molecule has 0 aliphatic carbocycles. The summed E-state index contributed by atoms with van der Waals surface area (Å²) in [5.41, 5.74) is 2.73. The number of hydrogen-bond donors (Lipinski definition) is 1. The molecular formula is C13H16BrNO. The van der Waals surface area contributed by atoms with Gasteiger partial charge in [-0.2, -0.15) is 0 Å². The van der Waals surface area contributed by atoms with Gasteiger partial charge in [0.1, 0.15) is 0 Å². The number of rotatable bonds is 0. The van der Waals surface area contributed by atoms with E-state index >= 15 is 0 Å². The Balaban J connectivity index is 2.05. The Hall–Kier alpha value is -0.380.